The van der Waals surface area contributed by atoms with Gasteiger partial charge in [-0.05, 0) is 81.3 Å². The van der Waals surface area contributed by atoms with Crippen LogP contribution in [0.2, 0.25) is 0 Å². The van der Waals surface area contributed by atoms with Crippen LogP contribution in [0, 0.1) is 31.1 Å². The second-order valence-corrected chi connectivity index (χ2v) is 10.8. The highest BCUT2D eigenvalue weighted by Gasteiger charge is 2.21. The van der Waals surface area contributed by atoms with Crippen LogP contribution in [-0.2, 0) is 6.54 Å². The first-order chi connectivity index (χ1) is 17.9. The van der Waals surface area contributed by atoms with E-state index in [-0.39, 0.29) is 0 Å². The quantitative estimate of drug-likeness (QED) is 0.329. The van der Waals surface area contributed by atoms with Crippen LogP contribution in [-0.4, -0.2) is 29.4 Å². The van der Waals surface area contributed by atoms with Crippen molar-refractivity contribution in [2.24, 2.45) is 16.8 Å². The van der Waals surface area contributed by atoms with Crippen molar-refractivity contribution in [1.29, 1.82) is 5.41 Å². The van der Waals surface area contributed by atoms with E-state index in [1.807, 2.05) is 18.2 Å². The Labute approximate surface area is 224 Å². The van der Waals surface area contributed by atoms with Gasteiger partial charge in [0, 0.05) is 23.4 Å². The molecular weight excluding hydrogens is 450 g/mol. The van der Waals surface area contributed by atoms with Crippen molar-refractivity contribution < 1.29 is 0 Å². The van der Waals surface area contributed by atoms with Crippen LogP contribution in [0.1, 0.15) is 73.8 Å². The number of para-hydroxylation sites is 1. The Balaban J connectivity index is 0.000000572. The van der Waals surface area contributed by atoms with Gasteiger partial charge < -0.3 is 0 Å². The molecule has 0 bridgehead atoms. The molecule has 3 heteroatoms. The van der Waals surface area contributed by atoms with E-state index in [0.717, 1.165) is 60.8 Å². The Morgan fingerprint density at radius 1 is 0.838 bits per heavy atom. The van der Waals surface area contributed by atoms with Crippen molar-refractivity contribution in [3.8, 4) is 0 Å². The molecule has 1 aliphatic heterocycles. The molecule has 194 valence electrons. The molecule has 5 rings (SSSR count). The van der Waals surface area contributed by atoms with Gasteiger partial charge in [-0.15, -0.1) is 0 Å². The largest absolute Gasteiger partial charge is 0.300 e. The minimum atomic E-state index is 0.572. The van der Waals surface area contributed by atoms with E-state index in [2.05, 4.69) is 87.2 Å². The molecule has 37 heavy (non-hydrogen) atoms. The second kappa shape index (κ2) is 13.0. The summed E-state index contributed by atoms with van der Waals surface area (Å²) in [7, 11) is 0. The number of nitrogens with one attached hydrogen (secondary N) is 1. The van der Waals surface area contributed by atoms with E-state index in [4.69, 9.17) is 10.4 Å². The summed E-state index contributed by atoms with van der Waals surface area (Å²) in [6.07, 6.45) is 6.77. The van der Waals surface area contributed by atoms with Gasteiger partial charge in [-0.25, -0.2) is 0 Å². The van der Waals surface area contributed by atoms with Crippen molar-refractivity contribution in [3.05, 3.63) is 101 Å². The van der Waals surface area contributed by atoms with Crippen LogP contribution >= 0.6 is 0 Å². The molecule has 3 aromatic rings. The monoisotopic (exact) mass is 493 g/mol. The number of nitrogens with zero attached hydrogens (tertiary/aromatic N) is 2. The molecule has 1 aliphatic carbocycles. The lowest BCUT2D eigenvalue weighted by atomic mass is 9.92. The minimum absolute atomic E-state index is 0.572. The third-order valence-electron chi connectivity index (χ3n) is 7.93. The van der Waals surface area contributed by atoms with Crippen LogP contribution < -0.4 is 0 Å². The van der Waals surface area contributed by atoms with Crippen LogP contribution in [0.4, 0.5) is 5.69 Å². The van der Waals surface area contributed by atoms with Gasteiger partial charge in [0.25, 0.3) is 0 Å². The summed E-state index contributed by atoms with van der Waals surface area (Å²) in [5.41, 5.74) is 8.64. The van der Waals surface area contributed by atoms with E-state index in [0.29, 0.717) is 11.6 Å². The lowest BCUT2D eigenvalue weighted by Crippen LogP contribution is -2.35. The Morgan fingerprint density at radius 2 is 1.46 bits per heavy atom. The molecule has 0 atom stereocenters. The highest BCUT2D eigenvalue weighted by atomic mass is 15.1. The summed E-state index contributed by atoms with van der Waals surface area (Å²) < 4.78 is 0. The Kier molecular flexibility index (Phi) is 9.46. The number of aryl methyl sites for hydroxylation is 2. The zero-order valence-corrected chi connectivity index (χ0v) is 23.1. The average molecular weight is 494 g/mol. The molecule has 1 N–H and O–H groups in total. The van der Waals surface area contributed by atoms with Crippen molar-refractivity contribution in [1.82, 2.24) is 4.90 Å². The number of likely N-dealkylation sites (tertiary alicyclic amines) is 1. The Hall–Kier alpha value is -3.04. The van der Waals surface area contributed by atoms with Crippen LogP contribution in [0.25, 0.3) is 0 Å². The maximum atomic E-state index is 8.57. The summed E-state index contributed by atoms with van der Waals surface area (Å²) in [4.78, 5) is 7.47. The molecule has 1 saturated heterocycles. The second-order valence-electron chi connectivity index (χ2n) is 10.8. The van der Waals surface area contributed by atoms with Gasteiger partial charge in [-0.1, -0.05) is 92.9 Å². The number of rotatable bonds is 7. The first-order valence-electron chi connectivity index (χ1n) is 14.0. The van der Waals surface area contributed by atoms with Crippen LogP contribution in [0.5, 0.6) is 0 Å². The standard InChI is InChI=1S/C29H33N3.C5H10/c1-21-8-4-6-10-27(21)29(30)26-14-12-24(13-15-26)20-32-18-16-25(17-19-32)23(3)31-28-11-7-5-9-22(28)2;1-2-5-3-4-5/h4-15,25,30H,16-20H2,1-3H3;5H,2-4H2,1H3. The van der Waals surface area contributed by atoms with Gasteiger partial charge >= 0.3 is 0 Å². The van der Waals surface area contributed by atoms with E-state index in [9.17, 15) is 0 Å². The SMILES string of the molecule is CC(=Nc1ccccc1C)C1CCN(Cc2ccc(C(=N)c3ccccc3C)cc2)CC1.CCC1CC1. The smallest absolute Gasteiger partial charge is 0.0687 e. The van der Waals surface area contributed by atoms with Gasteiger partial charge in [0.05, 0.1) is 11.4 Å². The molecule has 2 fully saturated rings. The summed E-state index contributed by atoms with van der Waals surface area (Å²) in [6, 6.07) is 25.0. The fourth-order valence-electron chi connectivity index (χ4n) is 5.05. The number of benzene rings is 3. The van der Waals surface area contributed by atoms with Crippen LogP contribution in [0.3, 0.4) is 0 Å². The molecular formula is C34H43N3. The maximum absolute atomic E-state index is 8.57. The molecule has 2 aliphatic rings. The van der Waals surface area contributed by atoms with Crippen molar-refractivity contribution in [2.45, 2.75) is 66.3 Å². The first-order valence-corrected chi connectivity index (χ1v) is 14.0. The highest BCUT2D eigenvalue weighted by molar-refractivity contribution is 6.11. The molecule has 0 radical (unpaired) electrons. The van der Waals surface area contributed by atoms with E-state index in [1.165, 1.54) is 36.1 Å². The molecule has 1 heterocycles. The summed E-state index contributed by atoms with van der Waals surface area (Å²) in [5.74, 6) is 1.71. The lowest BCUT2D eigenvalue weighted by Gasteiger charge is -2.32. The third kappa shape index (κ3) is 7.72. The average Bonchev–Trinajstić information content (AvgIpc) is 3.76. The lowest BCUT2D eigenvalue weighted by molar-refractivity contribution is 0.201. The van der Waals surface area contributed by atoms with Gasteiger partial charge in [-0.2, -0.15) is 0 Å². The minimum Gasteiger partial charge on any atom is -0.300 e. The van der Waals surface area contributed by atoms with Gasteiger partial charge in [0.15, 0.2) is 0 Å². The van der Waals surface area contributed by atoms with E-state index >= 15 is 0 Å². The number of hydrogen-bond acceptors (Lipinski definition) is 3. The van der Waals surface area contributed by atoms with Crippen molar-refractivity contribution in [3.63, 3.8) is 0 Å². The Morgan fingerprint density at radius 3 is 2.03 bits per heavy atom. The summed E-state index contributed by atoms with van der Waals surface area (Å²) in [6.45, 7) is 11.8. The zero-order chi connectivity index (χ0) is 26.2. The molecule has 1 saturated carbocycles. The third-order valence-corrected chi connectivity index (χ3v) is 7.93. The van der Waals surface area contributed by atoms with Crippen molar-refractivity contribution >= 4 is 17.1 Å². The zero-order valence-electron chi connectivity index (χ0n) is 23.1. The van der Waals surface area contributed by atoms with E-state index in [1.54, 1.807) is 0 Å². The number of aliphatic imine (C=N–C) groups is 1. The van der Waals surface area contributed by atoms with Gasteiger partial charge in [0.2, 0.25) is 0 Å². The van der Waals surface area contributed by atoms with Crippen molar-refractivity contribution in [2.75, 3.05) is 13.1 Å². The molecule has 0 unspecified atom stereocenters. The fourth-order valence-corrected chi connectivity index (χ4v) is 5.05. The molecule has 0 spiro atoms. The predicted molar refractivity (Wildman–Crippen MR) is 159 cm³/mol. The first kappa shape index (κ1) is 27.0. The van der Waals surface area contributed by atoms with Gasteiger partial charge in [0.1, 0.15) is 0 Å². The number of hydrogen-bond donors (Lipinski definition) is 1. The summed E-state index contributed by atoms with van der Waals surface area (Å²) >= 11 is 0. The maximum Gasteiger partial charge on any atom is 0.0687 e. The molecule has 3 aromatic carbocycles. The topological polar surface area (TPSA) is 39.5 Å². The Bertz CT molecular complexity index is 1200. The van der Waals surface area contributed by atoms with E-state index < -0.39 is 0 Å². The molecule has 0 amide bonds. The highest BCUT2D eigenvalue weighted by Crippen LogP contribution is 2.31. The normalized spacial score (nSPS) is 16.7. The fraction of sp³-hybridized carbons (Fsp3) is 0.412. The molecule has 0 aromatic heterocycles. The van der Waals surface area contributed by atoms with Crippen LogP contribution in [0.15, 0.2) is 77.8 Å². The predicted octanol–water partition coefficient (Wildman–Crippen LogP) is 8.53. The molecule has 3 nitrogen and oxygen atoms in total. The number of piperidine rings is 1. The van der Waals surface area contributed by atoms with Gasteiger partial charge in [-0.3, -0.25) is 15.3 Å². The summed E-state index contributed by atoms with van der Waals surface area (Å²) in [5, 5.41) is 8.57.